The van der Waals surface area contributed by atoms with Gasteiger partial charge < -0.3 is 5.73 Å². The van der Waals surface area contributed by atoms with Gasteiger partial charge in [-0.15, -0.1) is 0 Å². The predicted octanol–water partition coefficient (Wildman–Crippen LogP) is 5.05. The number of pyridine rings is 1. The molecule has 3 rings (SSSR count). The Labute approximate surface area is 148 Å². The normalized spacial score (nSPS) is 10.5. The number of nitrogens with zero attached hydrogens (tertiary/aromatic N) is 2. The van der Waals surface area contributed by atoms with E-state index in [2.05, 4.69) is 50.0 Å². The van der Waals surface area contributed by atoms with Crippen molar-refractivity contribution in [3.8, 4) is 28.5 Å². The summed E-state index contributed by atoms with van der Waals surface area (Å²) in [4.78, 5) is 4.57. The van der Waals surface area contributed by atoms with Gasteiger partial charge in [0.25, 0.3) is 0 Å². The Bertz CT molecular complexity index is 967. The minimum Gasteiger partial charge on any atom is -0.383 e. The van der Waals surface area contributed by atoms with Gasteiger partial charge in [0.05, 0.1) is 5.69 Å². The average molecular weight is 327 g/mol. The highest BCUT2D eigenvalue weighted by Crippen LogP contribution is 2.38. The van der Waals surface area contributed by atoms with Gasteiger partial charge in [-0.2, -0.15) is 5.26 Å². The Morgan fingerprint density at radius 2 is 1.80 bits per heavy atom. The van der Waals surface area contributed by atoms with E-state index in [0.29, 0.717) is 5.56 Å². The number of hydrogen-bond donors (Lipinski definition) is 1. The molecule has 1 aromatic heterocycles. The number of nitriles is 1. The summed E-state index contributed by atoms with van der Waals surface area (Å²) in [6.07, 6.45) is 0.773. The first-order chi connectivity index (χ1) is 12.1. The van der Waals surface area contributed by atoms with Crippen LogP contribution in [0.2, 0.25) is 0 Å². The molecule has 0 unspecified atom stereocenters. The molecule has 3 aromatic rings. The molecule has 3 nitrogen and oxygen atoms in total. The number of nitrogen functional groups attached to an aromatic ring is 1. The van der Waals surface area contributed by atoms with E-state index >= 15 is 0 Å². The molecule has 3 heteroatoms. The molecule has 0 atom stereocenters. The molecular formula is C22H21N3. The lowest BCUT2D eigenvalue weighted by Crippen LogP contribution is -2.05. The lowest BCUT2D eigenvalue weighted by Gasteiger charge is -2.18. The van der Waals surface area contributed by atoms with E-state index in [-0.39, 0.29) is 5.82 Å². The van der Waals surface area contributed by atoms with Crippen LogP contribution in [0.25, 0.3) is 22.4 Å². The van der Waals surface area contributed by atoms with Crippen molar-refractivity contribution in [2.24, 2.45) is 0 Å². The summed E-state index contributed by atoms with van der Waals surface area (Å²) in [5, 5.41) is 9.72. The first-order valence-corrected chi connectivity index (χ1v) is 8.42. The Hall–Kier alpha value is -3.12. The molecule has 25 heavy (non-hydrogen) atoms. The van der Waals surface area contributed by atoms with Gasteiger partial charge in [-0.3, -0.25) is 0 Å². The lowest BCUT2D eigenvalue weighted by molar-refractivity contribution is 1.11. The summed E-state index contributed by atoms with van der Waals surface area (Å²) in [7, 11) is 0. The van der Waals surface area contributed by atoms with E-state index in [4.69, 9.17) is 5.73 Å². The van der Waals surface area contributed by atoms with Crippen LogP contribution in [0.15, 0.2) is 48.5 Å². The fraction of sp³-hybridized carbons (Fsp3) is 0.182. The largest absolute Gasteiger partial charge is 0.383 e. The number of aryl methyl sites for hydroxylation is 2. The zero-order chi connectivity index (χ0) is 18.0. The van der Waals surface area contributed by atoms with Gasteiger partial charge in [-0.25, -0.2) is 4.98 Å². The number of benzene rings is 2. The van der Waals surface area contributed by atoms with E-state index in [1.165, 1.54) is 5.56 Å². The molecule has 0 saturated heterocycles. The number of nitrogens with two attached hydrogens (primary N) is 1. The topological polar surface area (TPSA) is 62.7 Å². The summed E-state index contributed by atoms with van der Waals surface area (Å²) >= 11 is 0. The van der Waals surface area contributed by atoms with Crippen LogP contribution in [-0.2, 0) is 6.42 Å². The minimum atomic E-state index is 0.286. The van der Waals surface area contributed by atoms with Crippen LogP contribution in [0.1, 0.15) is 29.2 Å². The molecule has 0 amide bonds. The average Bonchev–Trinajstić information content (AvgIpc) is 2.62. The molecule has 124 valence electrons. The molecule has 0 aliphatic carbocycles. The second-order valence-corrected chi connectivity index (χ2v) is 6.22. The molecule has 2 N–H and O–H groups in total. The first-order valence-electron chi connectivity index (χ1n) is 8.42. The number of hydrogen-bond acceptors (Lipinski definition) is 3. The van der Waals surface area contributed by atoms with Gasteiger partial charge >= 0.3 is 0 Å². The predicted molar refractivity (Wildman–Crippen MR) is 103 cm³/mol. The maximum Gasteiger partial charge on any atom is 0.142 e. The third-order valence-electron chi connectivity index (χ3n) is 4.49. The van der Waals surface area contributed by atoms with Crippen LogP contribution in [-0.4, -0.2) is 4.98 Å². The quantitative estimate of drug-likeness (QED) is 0.732. The van der Waals surface area contributed by atoms with Crippen LogP contribution < -0.4 is 5.73 Å². The van der Waals surface area contributed by atoms with E-state index in [9.17, 15) is 5.26 Å². The second kappa shape index (κ2) is 6.78. The molecule has 0 bridgehead atoms. The van der Waals surface area contributed by atoms with Crippen molar-refractivity contribution in [2.75, 3.05) is 5.73 Å². The zero-order valence-electron chi connectivity index (χ0n) is 14.8. The fourth-order valence-corrected chi connectivity index (χ4v) is 3.32. The van der Waals surface area contributed by atoms with Crippen molar-refractivity contribution in [2.45, 2.75) is 27.2 Å². The van der Waals surface area contributed by atoms with Gasteiger partial charge in [-0.1, -0.05) is 61.0 Å². The molecule has 2 aromatic carbocycles. The molecule has 0 aliphatic rings. The summed E-state index contributed by atoms with van der Waals surface area (Å²) in [5.41, 5.74) is 13.9. The zero-order valence-corrected chi connectivity index (χ0v) is 14.8. The third-order valence-corrected chi connectivity index (χ3v) is 4.49. The number of rotatable bonds is 3. The van der Waals surface area contributed by atoms with Gasteiger partial charge in [-0.05, 0) is 37.0 Å². The lowest BCUT2D eigenvalue weighted by atomic mass is 9.88. The highest BCUT2D eigenvalue weighted by molar-refractivity contribution is 5.85. The maximum atomic E-state index is 9.72. The van der Waals surface area contributed by atoms with Gasteiger partial charge in [0.15, 0.2) is 0 Å². The third kappa shape index (κ3) is 2.99. The van der Waals surface area contributed by atoms with Crippen LogP contribution in [0, 0.1) is 25.2 Å². The number of anilines is 1. The van der Waals surface area contributed by atoms with E-state index in [0.717, 1.165) is 39.9 Å². The highest BCUT2D eigenvalue weighted by atomic mass is 14.9. The number of aromatic nitrogens is 1. The molecule has 0 aliphatic heterocycles. The van der Waals surface area contributed by atoms with Crippen LogP contribution in [0.5, 0.6) is 0 Å². The Morgan fingerprint density at radius 3 is 2.40 bits per heavy atom. The van der Waals surface area contributed by atoms with Crippen molar-refractivity contribution in [3.63, 3.8) is 0 Å². The van der Waals surface area contributed by atoms with Crippen molar-refractivity contribution in [1.82, 2.24) is 4.98 Å². The van der Waals surface area contributed by atoms with Crippen molar-refractivity contribution < 1.29 is 0 Å². The monoisotopic (exact) mass is 327 g/mol. The van der Waals surface area contributed by atoms with Crippen LogP contribution >= 0.6 is 0 Å². The Balaban J connectivity index is 2.40. The smallest absolute Gasteiger partial charge is 0.142 e. The van der Waals surface area contributed by atoms with E-state index < -0.39 is 0 Å². The summed E-state index contributed by atoms with van der Waals surface area (Å²) in [6.45, 7) is 6.23. The molecule has 0 fully saturated rings. The standard InChI is InChI=1S/C22H21N3/c1-4-17-20(18-11-10-14(2)12-15(18)3)19(13-23)22(24)25-21(17)16-8-6-5-7-9-16/h5-12H,4H2,1-3H3,(H2,24,25). The molecule has 0 radical (unpaired) electrons. The highest BCUT2D eigenvalue weighted by Gasteiger charge is 2.20. The first kappa shape index (κ1) is 16.7. The van der Waals surface area contributed by atoms with Gasteiger partial charge in [0.1, 0.15) is 17.5 Å². The maximum absolute atomic E-state index is 9.72. The SMILES string of the molecule is CCc1c(-c2ccccc2)nc(N)c(C#N)c1-c1ccc(C)cc1C. The minimum absolute atomic E-state index is 0.286. The molecule has 0 saturated carbocycles. The molecular weight excluding hydrogens is 306 g/mol. The molecule has 1 heterocycles. The summed E-state index contributed by atoms with van der Waals surface area (Å²) in [5.74, 6) is 0.286. The van der Waals surface area contributed by atoms with E-state index in [1.807, 2.05) is 30.3 Å². The fourth-order valence-electron chi connectivity index (χ4n) is 3.32. The second-order valence-electron chi connectivity index (χ2n) is 6.22. The van der Waals surface area contributed by atoms with Crippen molar-refractivity contribution in [3.05, 3.63) is 70.8 Å². The van der Waals surface area contributed by atoms with Crippen LogP contribution in [0.3, 0.4) is 0 Å². The van der Waals surface area contributed by atoms with E-state index in [1.54, 1.807) is 0 Å². The van der Waals surface area contributed by atoms with Crippen molar-refractivity contribution in [1.29, 1.82) is 5.26 Å². The summed E-state index contributed by atoms with van der Waals surface area (Å²) < 4.78 is 0. The molecule has 0 spiro atoms. The van der Waals surface area contributed by atoms with Gasteiger partial charge in [0, 0.05) is 11.1 Å². The van der Waals surface area contributed by atoms with Crippen LogP contribution in [0.4, 0.5) is 5.82 Å². The van der Waals surface area contributed by atoms with Gasteiger partial charge in [0.2, 0.25) is 0 Å². The Morgan fingerprint density at radius 1 is 1.08 bits per heavy atom. The van der Waals surface area contributed by atoms with Crippen molar-refractivity contribution >= 4 is 5.82 Å². The summed E-state index contributed by atoms with van der Waals surface area (Å²) in [6, 6.07) is 18.6. The Kier molecular flexibility index (Phi) is 4.54.